The van der Waals surface area contributed by atoms with Gasteiger partial charge in [-0.3, -0.25) is 0 Å². The van der Waals surface area contributed by atoms with Gasteiger partial charge in [-0.15, -0.1) is 0 Å². The van der Waals surface area contributed by atoms with Gasteiger partial charge in [-0.25, -0.2) is 13.8 Å². The molecule has 0 bridgehead atoms. The molecule has 0 aliphatic carbocycles. The smallest absolute Gasteiger partial charge is 0.248 e. The van der Waals surface area contributed by atoms with E-state index in [-0.39, 0.29) is 17.3 Å². The van der Waals surface area contributed by atoms with Crippen molar-refractivity contribution >= 4 is 11.5 Å². The number of rotatable bonds is 4. The van der Waals surface area contributed by atoms with Crippen molar-refractivity contribution in [2.24, 2.45) is 0 Å². The van der Waals surface area contributed by atoms with E-state index in [1.54, 1.807) is 0 Å². The summed E-state index contributed by atoms with van der Waals surface area (Å²) < 4.78 is 32.1. The van der Waals surface area contributed by atoms with Gasteiger partial charge in [0.05, 0.1) is 0 Å². The molecule has 1 aromatic heterocycles. The van der Waals surface area contributed by atoms with Crippen LogP contribution in [0.2, 0.25) is 0 Å². The molecule has 24 heavy (non-hydrogen) atoms. The minimum absolute atomic E-state index is 0.0587. The van der Waals surface area contributed by atoms with E-state index in [4.69, 9.17) is 10.5 Å². The molecule has 0 unspecified atom stereocenters. The van der Waals surface area contributed by atoms with E-state index in [2.05, 4.69) is 26.7 Å². The van der Waals surface area contributed by atoms with Gasteiger partial charge in [0, 0.05) is 32.2 Å². The first kappa shape index (κ1) is 16.4. The fraction of sp³-hybridized carbons (Fsp3) is 0.375. The molecule has 0 spiro atoms. The summed E-state index contributed by atoms with van der Waals surface area (Å²) in [6, 6.07) is 3.06. The Morgan fingerprint density at radius 2 is 1.92 bits per heavy atom. The standard InChI is InChI=1S/C16H19F2N5O/c1-2-22-5-7-23(8-6-22)15-14(19)16(21-10-20-15)24-13-4-3-11(17)9-12(13)18/h3-4,9-10H,2,5-8,19H2,1H3. The van der Waals surface area contributed by atoms with Crippen molar-refractivity contribution in [1.29, 1.82) is 0 Å². The summed E-state index contributed by atoms with van der Waals surface area (Å²) in [5.74, 6) is -0.999. The number of aromatic nitrogens is 2. The normalized spacial score (nSPS) is 15.5. The van der Waals surface area contributed by atoms with Gasteiger partial charge >= 0.3 is 0 Å². The van der Waals surface area contributed by atoms with E-state index in [9.17, 15) is 8.78 Å². The third-order valence-electron chi connectivity index (χ3n) is 4.05. The lowest BCUT2D eigenvalue weighted by molar-refractivity contribution is 0.270. The Labute approximate surface area is 138 Å². The Morgan fingerprint density at radius 3 is 2.58 bits per heavy atom. The van der Waals surface area contributed by atoms with Gasteiger partial charge in [0.1, 0.15) is 17.8 Å². The molecule has 3 rings (SSSR count). The molecule has 2 N–H and O–H groups in total. The molecule has 1 aliphatic heterocycles. The van der Waals surface area contributed by atoms with Crippen molar-refractivity contribution in [3.8, 4) is 11.6 Å². The first-order chi connectivity index (χ1) is 11.6. The molecular weight excluding hydrogens is 316 g/mol. The summed E-state index contributed by atoms with van der Waals surface area (Å²) in [5, 5.41) is 0. The topological polar surface area (TPSA) is 67.5 Å². The average molecular weight is 335 g/mol. The van der Waals surface area contributed by atoms with Gasteiger partial charge in [-0.2, -0.15) is 4.98 Å². The highest BCUT2D eigenvalue weighted by molar-refractivity contribution is 5.68. The number of likely N-dealkylation sites (N-methyl/N-ethyl adjacent to an activating group) is 1. The van der Waals surface area contributed by atoms with Crippen LogP contribution >= 0.6 is 0 Å². The van der Waals surface area contributed by atoms with Crippen molar-refractivity contribution in [2.45, 2.75) is 6.92 Å². The van der Waals surface area contributed by atoms with Crippen LogP contribution in [0.1, 0.15) is 6.92 Å². The second-order valence-electron chi connectivity index (χ2n) is 5.51. The molecule has 8 heteroatoms. The van der Waals surface area contributed by atoms with Crippen LogP contribution in [0, 0.1) is 11.6 Å². The Kier molecular flexibility index (Phi) is 4.75. The second kappa shape index (κ2) is 6.96. The summed E-state index contributed by atoms with van der Waals surface area (Å²) in [6.45, 7) is 6.55. The fourth-order valence-corrected chi connectivity index (χ4v) is 2.64. The van der Waals surface area contributed by atoms with E-state index in [0.29, 0.717) is 5.82 Å². The van der Waals surface area contributed by atoms with Crippen molar-refractivity contribution in [3.05, 3.63) is 36.2 Å². The first-order valence-corrected chi connectivity index (χ1v) is 7.79. The van der Waals surface area contributed by atoms with Crippen LogP contribution < -0.4 is 15.4 Å². The Balaban J connectivity index is 1.81. The van der Waals surface area contributed by atoms with Gasteiger partial charge in [0.25, 0.3) is 0 Å². The minimum Gasteiger partial charge on any atom is -0.434 e. The molecule has 1 fully saturated rings. The number of ether oxygens (including phenoxy) is 1. The maximum absolute atomic E-state index is 13.7. The molecule has 1 aromatic carbocycles. The van der Waals surface area contributed by atoms with Crippen molar-refractivity contribution in [3.63, 3.8) is 0 Å². The third kappa shape index (κ3) is 3.38. The first-order valence-electron chi connectivity index (χ1n) is 7.79. The summed E-state index contributed by atoms with van der Waals surface area (Å²) in [6.07, 6.45) is 1.33. The molecule has 0 saturated carbocycles. The number of benzene rings is 1. The van der Waals surface area contributed by atoms with Gasteiger partial charge in [-0.1, -0.05) is 6.92 Å². The number of anilines is 2. The van der Waals surface area contributed by atoms with E-state index < -0.39 is 11.6 Å². The number of piperazine rings is 1. The molecule has 128 valence electrons. The number of nitrogen functional groups attached to an aromatic ring is 1. The zero-order chi connectivity index (χ0) is 17.1. The zero-order valence-corrected chi connectivity index (χ0v) is 13.4. The number of hydrogen-bond acceptors (Lipinski definition) is 6. The molecule has 2 aromatic rings. The molecular formula is C16H19F2N5O. The quantitative estimate of drug-likeness (QED) is 0.924. The van der Waals surface area contributed by atoms with Crippen LogP contribution in [-0.4, -0.2) is 47.6 Å². The largest absolute Gasteiger partial charge is 0.434 e. The van der Waals surface area contributed by atoms with Gasteiger partial charge in [-0.05, 0) is 18.7 Å². The van der Waals surface area contributed by atoms with E-state index in [0.717, 1.165) is 44.9 Å². The lowest BCUT2D eigenvalue weighted by Gasteiger charge is -2.35. The van der Waals surface area contributed by atoms with Gasteiger partial charge < -0.3 is 20.3 Å². The Bertz CT molecular complexity index is 720. The highest BCUT2D eigenvalue weighted by Gasteiger charge is 2.21. The van der Waals surface area contributed by atoms with Crippen LogP contribution in [0.25, 0.3) is 0 Å². The predicted molar refractivity (Wildman–Crippen MR) is 87.2 cm³/mol. The number of nitrogens with zero attached hydrogens (tertiary/aromatic N) is 4. The minimum atomic E-state index is -0.814. The van der Waals surface area contributed by atoms with Crippen LogP contribution in [-0.2, 0) is 0 Å². The Morgan fingerprint density at radius 1 is 1.17 bits per heavy atom. The zero-order valence-electron chi connectivity index (χ0n) is 13.4. The molecule has 0 amide bonds. The molecule has 1 saturated heterocycles. The van der Waals surface area contributed by atoms with Crippen LogP contribution in [0.15, 0.2) is 24.5 Å². The van der Waals surface area contributed by atoms with Crippen LogP contribution in [0.5, 0.6) is 11.6 Å². The third-order valence-corrected chi connectivity index (χ3v) is 4.05. The lowest BCUT2D eigenvalue weighted by Crippen LogP contribution is -2.46. The monoisotopic (exact) mass is 335 g/mol. The van der Waals surface area contributed by atoms with E-state index in [1.807, 2.05) is 0 Å². The van der Waals surface area contributed by atoms with Crippen molar-refractivity contribution in [2.75, 3.05) is 43.4 Å². The summed E-state index contributed by atoms with van der Waals surface area (Å²) in [7, 11) is 0. The molecule has 6 nitrogen and oxygen atoms in total. The Hall–Kier alpha value is -2.48. The fourth-order valence-electron chi connectivity index (χ4n) is 2.64. The molecule has 1 aliphatic rings. The van der Waals surface area contributed by atoms with Crippen LogP contribution in [0.3, 0.4) is 0 Å². The highest BCUT2D eigenvalue weighted by Crippen LogP contribution is 2.32. The van der Waals surface area contributed by atoms with Crippen molar-refractivity contribution in [1.82, 2.24) is 14.9 Å². The van der Waals surface area contributed by atoms with E-state index >= 15 is 0 Å². The average Bonchev–Trinajstić information content (AvgIpc) is 2.59. The summed E-state index contributed by atoms with van der Waals surface area (Å²) in [4.78, 5) is 12.6. The SMILES string of the molecule is CCN1CCN(c2ncnc(Oc3ccc(F)cc3F)c2N)CC1. The number of halogens is 2. The number of hydrogen-bond donors (Lipinski definition) is 1. The highest BCUT2D eigenvalue weighted by atomic mass is 19.1. The van der Waals surface area contributed by atoms with Gasteiger partial charge in [0.15, 0.2) is 17.4 Å². The maximum atomic E-state index is 13.7. The second-order valence-corrected chi connectivity index (χ2v) is 5.51. The predicted octanol–water partition coefficient (Wildman–Crippen LogP) is 2.27. The molecule has 0 atom stereocenters. The van der Waals surface area contributed by atoms with Crippen LogP contribution in [0.4, 0.5) is 20.3 Å². The molecule has 0 radical (unpaired) electrons. The van der Waals surface area contributed by atoms with Crippen molar-refractivity contribution < 1.29 is 13.5 Å². The summed E-state index contributed by atoms with van der Waals surface area (Å²) in [5.41, 5.74) is 6.35. The molecule has 2 heterocycles. The maximum Gasteiger partial charge on any atom is 0.248 e. The van der Waals surface area contributed by atoms with E-state index in [1.165, 1.54) is 12.4 Å². The number of nitrogens with two attached hydrogens (primary N) is 1. The summed E-state index contributed by atoms with van der Waals surface area (Å²) >= 11 is 0. The van der Waals surface area contributed by atoms with Gasteiger partial charge in [0.2, 0.25) is 5.88 Å². The lowest BCUT2D eigenvalue weighted by atomic mass is 10.3.